The van der Waals surface area contributed by atoms with Crippen LogP contribution in [-0.2, 0) is 10.5 Å². The highest BCUT2D eigenvalue weighted by atomic mass is 32.2. The van der Waals surface area contributed by atoms with Crippen molar-refractivity contribution < 1.29 is 9.72 Å². The lowest BCUT2D eigenvalue weighted by Crippen LogP contribution is -2.15. The number of carbonyl (C=O) groups is 1. The predicted molar refractivity (Wildman–Crippen MR) is 93.4 cm³/mol. The third kappa shape index (κ3) is 4.66. The van der Waals surface area contributed by atoms with Crippen LogP contribution in [0, 0.1) is 16.0 Å². The van der Waals surface area contributed by atoms with Gasteiger partial charge in [0.15, 0.2) is 0 Å². The molecule has 0 saturated heterocycles. The molecule has 0 aliphatic carbocycles. The van der Waals surface area contributed by atoms with Crippen LogP contribution in [0.25, 0.3) is 0 Å². The molecule has 0 aliphatic rings. The fourth-order valence-corrected chi connectivity index (χ4v) is 3.68. The van der Waals surface area contributed by atoms with Crippen LogP contribution in [0.3, 0.4) is 0 Å². The number of thioether (sulfide) groups is 1. The second-order valence-corrected chi connectivity index (χ2v) is 6.60. The van der Waals surface area contributed by atoms with E-state index < -0.39 is 4.92 Å². The lowest BCUT2D eigenvalue weighted by molar-refractivity contribution is -0.384. The van der Waals surface area contributed by atoms with Crippen molar-refractivity contribution in [3.05, 3.63) is 75.8 Å². The largest absolute Gasteiger partial charge is 0.300 e. The molecule has 0 unspecified atom stereocenters. The second kappa shape index (κ2) is 7.92. The number of Topliss-reactive ketones (excluding diaryl/α,β-unsaturated/α-hetero) is 1. The monoisotopic (exact) mass is 329 g/mol. The molecule has 4 nitrogen and oxygen atoms in total. The number of nitro benzene ring substituents is 1. The summed E-state index contributed by atoms with van der Waals surface area (Å²) in [7, 11) is 0. The quantitative estimate of drug-likeness (QED) is 0.541. The summed E-state index contributed by atoms with van der Waals surface area (Å²) in [5.74, 6) is 0.763. The Labute approximate surface area is 140 Å². The summed E-state index contributed by atoms with van der Waals surface area (Å²) >= 11 is 1.69. The van der Waals surface area contributed by atoms with Gasteiger partial charge in [-0.1, -0.05) is 49.4 Å². The van der Waals surface area contributed by atoms with Crippen molar-refractivity contribution in [3.63, 3.8) is 0 Å². The second-order valence-electron chi connectivity index (χ2n) is 5.47. The van der Waals surface area contributed by atoms with Crippen LogP contribution in [0.4, 0.5) is 5.69 Å². The molecule has 0 amide bonds. The van der Waals surface area contributed by atoms with E-state index in [1.54, 1.807) is 30.8 Å². The van der Waals surface area contributed by atoms with E-state index in [1.807, 2.05) is 25.1 Å². The summed E-state index contributed by atoms with van der Waals surface area (Å²) < 4.78 is 0. The number of hydrogen-bond donors (Lipinski definition) is 0. The van der Waals surface area contributed by atoms with Crippen molar-refractivity contribution >= 4 is 23.2 Å². The Kier molecular flexibility index (Phi) is 5.93. The first-order valence-corrected chi connectivity index (χ1v) is 8.44. The zero-order valence-electron chi connectivity index (χ0n) is 13.1. The van der Waals surface area contributed by atoms with E-state index in [1.165, 1.54) is 17.7 Å². The summed E-state index contributed by atoms with van der Waals surface area (Å²) in [5, 5.41) is 10.8. The lowest BCUT2D eigenvalue weighted by Gasteiger charge is -2.22. The normalized spacial score (nSPS) is 13.3. The van der Waals surface area contributed by atoms with Crippen molar-refractivity contribution in [3.8, 4) is 0 Å². The minimum atomic E-state index is -0.412. The summed E-state index contributed by atoms with van der Waals surface area (Å²) in [5.41, 5.74) is 2.20. The zero-order chi connectivity index (χ0) is 16.8. The maximum atomic E-state index is 11.8. The van der Waals surface area contributed by atoms with Crippen molar-refractivity contribution in [2.75, 3.05) is 0 Å². The summed E-state index contributed by atoms with van der Waals surface area (Å²) in [6.45, 7) is 3.50. The van der Waals surface area contributed by atoms with Crippen LogP contribution in [-0.4, -0.2) is 10.7 Å². The van der Waals surface area contributed by atoms with Gasteiger partial charge in [0.1, 0.15) is 5.78 Å². The Balaban J connectivity index is 2.19. The van der Waals surface area contributed by atoms with Crippen LogP contribution >= 0.6 is 11.8 Å². The van der Waals surface area contributed by atoms with Gasteiger partial charge in [0.2, 0.25) is 0 Å². The van der Waals surface area contributed by atoms with E-state index >= 15 is 0 Å². The van der Waals surface area contributed by atoms with E-state index in [-0.39, 0.29) is 22.6 Å². The molecule has 2 aromatic carbocycles. The number of nitrogens with zero attached hydrogens (tertiary/aromatic N) is 1. The minimum absolute atomic E-state index is 0.0199. The summed E-state index contributed by atoms with van der Waals surface area (Å²) in [4.78, 5) is 22.2. The number of carbonyl (C=O) groups excluding carboxylic acids is 1. The van der Waals surface area contributed by atoms with Crippen LogP contribution < -0.4 is 0 Å². The topological polar surface area (TPSA) is 60.2 Å². The molecule has 2 aromatic rings. The summed E-state index contributed by atoms with van der Waals surface area (Å²) in [6, 6.07) is 16.6. The summed E-state index contributed by atoms with van der Waals surface area (Å²) in [6.07, 6.45) is 0. The fourth-order valence-electron chi connectivity index (χ4n) is 2.29. The number of nitro groups is 1. The van der Waals surface area contributed by atoms with Crippen molar-refractivity contribution in [1.29, 1.82) is 0 Å². The first kappa shape index (κ1) is 17.2. The zero-order valence-corrected chi connectivity index (χ0v) is 14.0. The first-order chi connectivity index (χ1) is 11.0. The van der Waals surface area contributed by atoms with Crippen LogP contribution in [0.15, 0.2) is 54.6 Å². The van der Waals surface area contributed by atoms with Crippen LogP contribution in [0.2, 0.25) is 0 Å². The lowest BCUT2D eigenvalue weighted by atomic mass is 9.97. The molecule has 0 N–H and O–H groups in total. The first-order valence-electron chi connectivity index (χ1n) is 7.39. The van der Waals surface area contributed by atoms with Gasteiger partial charge in [-0.15, -0.1) is 11.8 Å². The number of rotatable bonds is 7. The number of hydrogen-bond acceptors (Lipinski definition) is 4. The third-order valence-electron chi connectivity index (χ3n) is 3.80. The number of non-ortho nitro benzene ring substituents is 1. The van der Waals surface area contributed by atoms with Gasteiger partial charge in [-0.2, -0.15) is 0 Å². The van der Waals surface area contributed by atoms with Gasteiger partial charge in [-0.05, 0) is 18.1 Å². The Hall–Kier alpha value is -2.14. The molecule has 0 heterocycles. The minimum Gasteiger partial charge on any atom is -0.300 e. The molecule has 0 radical (unpaired) electrons. The van der Waals surface area contributed by atoms with Gasteiger partial charge < -0.3 is 0 Å². The SMILES string of the molecule is CC(=O)[C@@H](C)[C@H](SCc1ccccc1)c1ccc([N+](=O)[O-])cc1. The van der Waals surface area contributed by atoms with Crippen molar-refractivity contribution in [1.82, 2.24) is 0 Å². The van der Waals surface area contributed by atoms with E-state index in [0.29, 0.717) is 0 Å². The van der Waals surface area contributed by atoms with Crippen molar-refractivity contribution in [2.24, 2.45) is 5.92 Å². The van der Waals surface area contributed by atoms with Crippen LogP contribution in [0.1, 0.15) is 30.2 Å². The van der Waals surface area contributed by atoms with Gasteiger partial charge in [0.05, 0.1) is 4.92 Å². The third-order valence-corrected chi connectivity index (χ3v) is 5.34. The van der Waals surface area contributed by atoms with E-state index in [9.17, 15) is 14.9 Å². The molecule has 0 aliphatic heterocycles. The Bertz CT molecular complexity index is 670. The highest BCUT2D eigenvalue weighted by Crippen LogP contribution is 2.38. The molecule has 23 heavy (non-hydrogen) atoms. The van der Waals surface area contributed by atoms with Crippen LogP contribution in [0.5, 0.6) is 0 Å². The average Bonchev–Trinajstić information content (AvgIpc) is 2.56. The molecule has 0 saturated carbocycles. The molecule has 2 rings (SSSR count). The van der Waals surface area contributed by atoms with E-state index in [4.69, 9.17) is 0 Å². The maximum absolute atomic E-state index is 11.8. The Morgan fingerprint density at radius 1 is 1.13 bits per heavy atom. The van der Waals surface area contributed by atoms with Gasteiger partial charge >= 0.3 is 0 Å². The van der Waals surface area contributed by atoms with Gasteiger partial charge in [0, 0.05) is 29.1 Å². The molecule has 120 valence electrons. The Morgan fingerprint density at radius 3 is 2.26 bits per heavy atom. The van der Waals surface area contributed by atoms with Gasteiger partial charge in [-0.3, -0.25) is 14.9 Å². The van der Waals surface area contributed by atoms with E-state index in [2.05, 4.69) is 12.1 Å². The van der Waals surface area contributed by atoms with Gasteiger partial charge in [0.25, 0.3) is 5.69 Å². The maximum Gasteiger partial charge on any atom is 0.269 e. The predicted octanol–water partition coefficient (Wildman–Crippen LogP) is 4.79. The highest BCUT2D eigenvalue weighted by Gasteiger charge is 2.24. The van der Waals surface area contributed by atoms with E-state index in [0.717, 1.165) is 11.3 Å². The molecule has 2 atom stereocenters. The standard InChI is InChI=1S/C18H19NO3S/c1-13(14(2)20)18(23-12-15-6-4-3-5-7-15)16-8-10-17(11-9-16)19(21)22/h3-11,13,18H,12H2,1-2H3/t13-,18+/m1/s1. The molecule has 0 spiro atoms. The fraction of sp³-hybridized carbons (Fsp3) is 0.278. The smallest absolute Gasteiger partial charge is 0.269 e. The molecular weight excluding hydrogens is 310 g/mol. The molecular formula is C18H19NO3S. The number of ketones is 1. The Morgan fingerprint density at radius 2 is 1.74 bits per heavy atom. The van der Waals surface area contributed by atoms with Gasteiger partial charge in [-0.25, -0.2) is 0 Å². The highest BCUT2D eigenvalue weighted by molar-refractivity contribution is 7.98. The molecule has 5 heteroatoms. The molecule has 0 aromatic heterocycles. The molecule has 0 bridgehead atoms. The number of benzene rings is 2. The molecule has 0 fully saturated rings. The van der Waals surface area contributed by atoms with Crippen molar-refractivity contribution in [2.45, 2.75) is 24.9 Å². The average molecular weight is 329 g/mol.